The van der Waals surface area contributed by atoms with Crippen LogP contribution in [0.1, 0.15) is 5.56 Å². The molecule has 22 heavy (non-hydrogen) atoms. The topological polar surface area (TPSA) is 50.8 Å². The molecule has 4 nitrogen and oxygen atoms in total. The number of rotatable bonds is 3. The van der Waals surface area contributed by atoms with Crippen molar-refractivity contribution in [2.45, 2.75) is 6.42 Å². The van der Waals surface area contributed by atoms with Crippen LogP contribution in [0.3, 0.4) is 0 Å². The predicted molar refractivity (Wildman–Crippen MR) is 102 cm³/mol. The Balaban J connectivity index is 0.00000176. The lowest BCUT2D eigenvalue weighted by Gasteiger charge is -2.27. The summed E-state index contributed by atoms with van der Waals surface area (Å²) in [5, 5.41) is 2.58. The first-order valence-electron chi connectivity index (χ1n) is 7.44. The molecule has 2 N–H and O–H groups in total. The molecule has 3 rings (SSSR count). The number of hydrogen-bond acceptors (Lipinski definition) is 2. The van der Waals surface area contributed by atoms with Crippen molar-refractivity contribution in [1.82, 2.24) is 4.90 Å². The van der Waals surface area contributed by atoms with Gasteiger partial charge < -0.3 is 15.4 Å². The van der Waals surface area contributed by atoms with E-state index in [4.69, 9.17) is 10.5 Å². The normalized spacial score (nSPS) is 15.6. The third kappa shape index (κ3) is 4.10. The second-order valence-electron chi connectivity index (χ2n) is 5.23. The van der Waals surface area contributed by atoms with E-state index in [2.05, 4.69) is 52.4 Å². The molecule has 1 heterocycles. The molecule has 2 aromatic rings. The number of fused-ring (bicyclic) bond motifs is 1. The van der Waals surface area contributed by atoms with E-state index in [1.165, 1.54) is 16.3 Å². The highest BCUT2D eigenvalue weighted by Gasteiger charge is 2.11. The van der Waals surface area contributed by atoms with Crippen molar-refractivity contribution in [2.24, 2.45) is 10.7 Å². The lowest BCUT2D eigenvalue weighted by molar-refractivity contribution is 0.0674. The van der Waals surface area contributed by atoms with Gasteiger partial charge in [-0.15, -0.1) is 24.0 Å². The van der Waals surface area contributed by atoms with Gasteiger partial charge >= 0.3 is 0 Å². The molecule has 5 heteroatoms. The summed E-state index contributed by atoms with van der Waals surface area (Å²) in [5.41, 5.74) is 7.37. The van der Waals surface area contributed by atoms with Crippen LogP contribution in [0.25, 0.3) is 10.8 Å². The first-order chi connectivity index (χ1) is 10.3. The van der Waals surface area contributed by atoms with Gasteiger partial charge in [0.05, 0.1) is 13.2 Å². The van der Waals surface area contributed by atoms with Gasteiger partial charge in [-0.1, -0.05) is 42.5 Å². The molecule has 1 fully saturated rings. The number of nitrogens with two attached hydrogens (primary N) is 1. The summed E-state index contributed by atoms with van der Waals surface area (Å²) >= 11 is 0. The van der Waals surface area contributed by atoms with Crippen molar-refractivity contribution >= 4 is 40.7 Å². The molecule has 2 aromatic carbocycles. The van der Waals surface area contributed by atoms with Gasteiger partial charge in [-0.2, -0.15) is 0 Å². The third-order valence-electron chi connectivity index (χ3n) is 3.87. The molecule has 0 bridgehead atoms. The fraction of sp³-hybridized carbons (Fsp3) is 0.353. The fourth-order valence-corrected chi connectivity index (χ4v) is 2.69. The molecule has 0 aliphatic carbocycles. The number of morpholine rings is 1. The van der Waals surface area contributed by atoms with Crippen LogP contribution in [0.4, 0.5) is 0 Å². The van der Waals surface area contributed by atoms with E-state index in [9.17, 15) is 0 Å². The SMILES string of the molecule is I.NC(=NCCc1cccc2ccccc12)N1CCOCC1. The smallest absolute Gasteiger partial charge is 0.191 e. The Bertz CT molecular complexity index is 633. The minimum Gasteiger partial charge on any atom is -0.378 e. The molecule has 0 radical (unpaired) electrons. The van der Waals surface area contributed by atoms with Crippen LogP contribution in [0, 0.1) is 0 Å². The van der Waals surface area contributed by atoms with Crippen LogP contribution < -0.4 is 5.73 Å². The zero-order valence-corrected chi connectivity index (χ0v) is 14.9. The first-order valence-corrected chi connectivity index (χ1v) is 7.44. The van der Waals surface area contributed by atoms with E-state index in [1.54, 1.807) is 0 Å². The largest absolute Gasteiger partial charge is 0.378 e. The monoisotopic (exact) mass is 411 g/mol. The second-order valence-corrected chi connectivity index (χ2v) is 5.23. The van der Waals surface area contributed by atoms with Gasteiger partial charge in [-0.05, 0) is 22.8 Å². The molecule has 1 aliphatic rings. The minimum absolute atomic E-state index is 0. The number of benzene rings is 2. The van der Waals surface area contributed by atoms with Gasteiger partial charge in [0.1, 0.15) is 0 Å². The number of halogens is 1. The van der Waals surface area contributed by atoms with E-state index in [0.717, 1.165) is 39.3 Å². The quantitative estimate of drug-likeness (QED) is 0.480. The summed E-state index contributed by atoms with van der Waals surface area (Å²) in [6.07, 6.45) is 0.909. The van der Waals surface area contributed by atoms with Gasteiger partial charge in [0, 0.05) is 19.6 Å². The van der Waals surface area contributed by atoms with Gasteiger partial charge in [-0.3, -0.25) is 4.99 Å². The van der Waals surface area contributed by atoms with Crippen LogP contribution in [0.5, 0.6) is 0 Å². The minimum atomic E-state index is 0. The molecule has 118 valence electrons. The van der Waals surface area contributed by atoms with Crippen molar-refractivity contribution in [3.8, 4) is 0 Å². The number of hydrogen-bond donors (Lipinski definition) is 1. The second kappa shape index (κ2) is 8.33. The van der Waals surface area contributed by atoms with E-state index in [-0.39, 0.29) is 24.0 Å². The number of guanidine groups is 1. The lowest BCUT2D eigenvalue weighted by Crippen LogP contribution is -2.44. The third-order valence-corrected chi connectivity index (χ3v) is 3.87. The van der Waals surface area contributed by atoms with Crippen LogP contribution in [-0.4, -0.2) is 43.7 Å². The maximum absolute atomic E-state index is 6.05. The highest BCUT2D eigenvalue weighted by Crippen LogP contribution is 2.18. The van der Waals surface area contributed by atoms with E-state index < -0.39 is 0 Å². The highest BCUT2D eigenvalue weighted by molar-refractivity contribution is 14.0. The van der Waals surface area contributed by atoms with Gasteiger partial charge in [0.15, 0.2) is 5.96 Å². The number of nitrogens with zero attached hydrogens (tertiary/aromatic N) is 2. The summed E-state index contributed by atoms with van der Waals surface area (Å²) in [4.78, 5) is 6.60. The summed E-state index contributed by atoms with van der Waals surface area (Å²) in [6.45, 7) is 3.86. The maximum atomic E-state index is 6.05. The molecule has 1 saturated heterocycles. The zero-order valence-electron chi connectivity index (χ0n) is 12.6. The molecule has 0 saturated carbocycles. The van der Waals surface area contributed by atoms with E-state index >= 15 is 0 Å². The predicted octanol–water partition coefficient (Wildman–Crippen LogP) is 2.65. The lowest BCUT2D eigenvalue weighted by atomic mass is 10.0. The number of aliphatic imine (C=N–C) groups is 1. The van der Waals surface area contributed by atoms with Crippen molar-refractivity contribution in [3.05, 3.63) is 48.0 Å². The molecule has 0 spiro atoms. The maximum Gasteiger partial charge on any atom is 0.191 e. The summed E-state index contributed by atoms with van der Waals surface area (Å²) in [5.74, 6) is 0.638. The highest BCUT2D eigenvalue weighted by atomic mass is 127. The average molecular weight is 411 g/mol. The molecule has 0 amide bonds. The average Bonchev–Trinajstić information content (AvgIpc) is 2.56. The van der Waals surface area contributed by atoms with Crippen LogP contribution in [0.2, 0.25) is 0 Å². The molecule has 0 unspecified atom stereocenters. The Kier molecular flexibility index (Phi) is 6.45. The van der Waals surface area contributed by atoms with Crippen molar-refractivity contribution in [2.75, 3.05) is 32.8 Å². The van der Waals surface area contributed by atoms with Crippen LogP contribution in [0.15, 0.2) is 47.5 Å². The van der Waals surface area contributed by atoms with E-state index in [1.807, 2.05) is 0 Å². The van der Waals surface area contributed by atoms with Crippen LogP contribution >= 0.6 is 24.0 Å². The standard InChI is InChI=1S/C17H21N3O.HI/c18-17(20-10-12-21-13-11-20)19-9-8-15-6-3-5-14-4-1-2-7-16(14)15;/h1-7H,8-13H2,(H2,18,19);1H. The first kappa shape index (κ1) is 17.0. The molecule has 1 aliphatic heterocycles. The molecular formula is C17H22IN3O. The summed E-state index contributed by atoms with van der Waals surface area (Å²) < 4.78 is 5.32. The van der Waals surface area contributed by atoms with Crippen molar-refractivity contribution < 1.29 is 4.74 Å². The Morgan fingerprint density at radius 1 is 1.09 bits per heavy atom. The van der Waals surface area contributed by atoms with Crippen molar-refractivity contribution in [3.63, 3.8) is 0 Å². The Morgan fingerprint density at radius 3 is 2.64 bits per heavy atom. The molecule has 0 aromatic heterocycles. The Morgan fingerprint density at radius 2 is 1.82 bits per heavy atom. The van der Waals surface area contributed by atoms with E-state index in [0.29, 0.717) is 5.96 Å². The Labute approximate surface area is 148 Å². The Hall–Kier alpha value is -1.34. The van der Waals surface area contributed by atoms with Crippen LogP contribution in [-0.2, 0) is 11.2 Å². The van der Waals surface area contributed by atoms with Gasteiger partial charge in [0.25, 0.3) is 0 Å². The summed E-state index contributed by atoms with van der Waals surface area (Å²) in [7, 11) is 0. The molecular weight excluding hydrogens is 389 g/mol. The summed E-state index contributed by atoms with van der Waals surface area (Å²) in [6, 6.07) is 14.9. The number of ether oxygens (including phenoxy) is 1. The zero-order chi connectivity index (χ0) is 14.5. The van der Waals surface area contributed by atoms with Crippen molar-refractivity contribution in [1.29, 1.82) is 0 Å². The van der Waals surface area contributed by atoms with Gasteiger partial charge in [0.2, 0.25) is 0 Å². The molecule has 0 atom stereocenters. The van der Waals surface area contributed by atoms with Gasteiger partial charge in [-0.25, -0.2) is 0 Å². The fourth-order valence-electron chi connectivity index (χ4n) is 2.69.